The summed E-state index contributed by atoms with van der Waals surface area (Å²) in [6, 6.07) is 0. The monoisotopic (exact) mass is 223 g/mol. The largest absolute Gasteiger partial charge is 0.394 e. The van der Waals surface area contributed by atoms with Crippen LogP contribution in [0.4, 0.5) is 0 Å². The number of hydrogen-bond acceptors (Lipinski definition) is 6. The third kappa shape index (κ3) is 5.04. The Balaban J connectivity index is 3.99. The molecule has 7 nitrogen and oxygen atoms in total. The fraction of sp³-hybridized carbons (Fsp3) is 0.667. The lowest BCUT2D eigenvalue weighted by Gasteiger charge is -2.17. The molecule has 0 saturated heterocycles. The Labute approximate surface area is 85.9 Å². The van der Waals surface area contributed by atoms with Crippen LogP contribution in [0.3, 0.4) is 0 Å². The molecule has 0 fully saturated rings. The van der Waals surface area contributed by atoms with Crippen LogP contribution >= 0.6 is 12.2 Å². The average Bonchev–Trinajstić information content (AvgIpc) is 2.14. The van der Waals surface area contributed by atoms with Gasteiger partial charge >= 0.3 is 0 Å². The highest BCUT2D eigenvalue weighted by atomic mass is 32.1. The minimum atomic E-state index is -1.52. The highest BCUT2D eigenvalue weighted by molar-refractivity contribution is 7.80. The first-order chi connectivity index (χ1) is 6.49. The van der Waals surface area contributed by atoms with Gasteiger partial charge in [0.25, 0.3) is 0 Å². The molecular formula is C6H13N3O4S. The van der Waals surface area contributed by atoms with Crippen molar-refractivity contribution in [2.24, 2.45) is 10.8 Å². The fourth-order valence-electron chi connectivity index (χ4n) is 0.601. The molecule has 0 bridgehead atoms. The van der Waals surface area contributed by atoms with Gasteiger partial charge in [-0.25, -0.2) is 0 Å². The SMILES string of the molecule is NC(=S)NN=C[C@H](O)[C@@H](O)[C@@H](O)CO. The van der Waals surface area contributed by atoms with Crippen molar-refractivity contribution in [3.05, 3.63) is 0 Å². The minimum absolute atomic E-state index is 0.0920. The van der Waals surface area contributed by atoms with E-state index in [2.05, 4.69) is 22.7 Å². The van der Waals surface area contributed by atoms with Crippen molar-refractivity contribution in [2.75, 3.05) is 6.61 Å². The van der Waals surface area contributed by atoms with Crippen LogP contribution in [0.15, 0.2) is 5.10 Å². The van der Waals surface area contributed by atoms with E-state index in [1.54, 1.807) is 0 Å². The van der Waals surface area contributed by atoms with Crippen LogP contribution in [0, 0.1) is 0 Å². The predicted octanol–water partition coefficient (Wildman–Crippen LogP) is -3.12. The molecule has 0 aromatic rings. The highest BCUT2D eigenvalue weighted by Crippen LogP contribution is 1.97. The Hall–Kier alpha value is -0.800. The molecule has 0 aliphatic rings. The summed E-state index contributed by atoms with van der Waals surface area (Å²) in [5, 5.41) is 38.9. The lowest BCUT2D eigenvalue weighted by molar-refractivity contribution is -0.0542. The summed E-state index contributed by atoms with van der Waals surface area (Å²) < 4.78 is 0. The fourth-order valence-corrected chi connectivity index (χ4v) is 0.654. The van der Waals surface area contributed by atoms with E-state index < -0.39 is 24.9 Å². The molecule has 0 amide bonds. The molecule has 7 N–H and O–H groups in total. The van der Waals surface area contributed by atoms with Crippen LogP contribution in [0.25, 0.3) is 0 Å². The second-order valence-electron chi connectivity index (χ2n) is 2.49. The van der Waals surface area contributed by atoms with Gasteiger partial charge in [-0.15, -0.1) is 0 Å². The maximum Gasteiger partial charge on any atom is 0.184 e. The smallest absolute Gasteiger partial charge is 0.184 e. The summed E-state index contributed by atoms with van der Waals surface area (Å²) in [5.41, 5.74) is 7.17. The first kappa shape index (κ1) is 13.2. The molecule has 14 heavy (non-hydrogen) atoms. The van der Waals surface area contributed by atoms with Crippen molar-refractivity contribution in [1.29, 1.82) is 0 Å². The average molecular weight is 223 g/mol. The molecule has 0 spiro atoms. The maximum absolute atomic E-state index is 9.14. The van der Waals surface area contributed by atoms with E-state index in [0.29, 0.717) is 0 Å². The van der Waals surface area contributed by atoms with Crippen molar-refractivity contribution >= 4 is 23.5 Å². The van der Waals surface area contributed by atoms with E-state index in [4.69, 9.17) is 26.2 Å². The van der Waals surface area contributed by atoms with Gasteiger partial charge in [-0.2, -0.15) is 5.10 Å². The predicted molar refractivity (Wildman–Crippen MR) is 53.5 cm³/mol. The van der Waals surface area contributed by atoms with E-state index >= 15 is 0 Å². The Morgan fingerprint density at radius 3 is 2.50 bits per heavy atom. The lowest BCUT2D eigenvalue weighted by atomic mass is 10.1. The van der Waals surface area contributed by atoms with Gasteiger partial charge in [0.2, 0.25) is 0 Å². The molecule has 3 atom stereocenters. The van der Waals surface area contributed by atoms with Crippen molar-refractivity contribution in [2.45, 2.75) is 18.3 Å². The number of hydrogen-bond donors (Lipinski definition) is 6. The van der Waals surface area contributed by atoms with Crippen molar-refractivity contribution in [1.82, 2.24) is 5.43 Å². The summed E-state index contributed by atoms with van der Waals surface area (Å²) in [4.78, 5) is 0. The highest BCUT2D eigenvalue weighted by Gasteiger charge is 2.22. The van der Waals surface area contributed by atoms with Gasteiger partial charge in [0, 0.05) is 0 Å². The second kappa shape index (κ2) is 6.62. The first-order valence-electron chi connectivity index (χ1n) is 3.72. The van der Waals surface area contributed by atoms with Crippen molar-refractivity contribution in [3.63, 3.8) is 0 Å². The summed E-state index contributed by atoms with van der Waals surface area (Å²) in [7, 11) is 0. The Morgan fingerprint density at radius 2 is 2.07 bits per heavy atom. The molecule has 0 aromatic heterocycles. The number of nitrogens with two attached hydrogens (primary N) is 1. The third-order valence-electron chi connectivity index (χ3n) is 1.33. The van der Waals surface area contributed by atoms with Gasteiger partial charge in [-0.1, -0.05) is 0 Å². The zero-order chi connectivity index (χ0) is 11.1. The van der Waals surface area contributed by atoms with Gasteiger partial charge in [0.05, 0.1) is 12.8 Å². The molecule has 82 valence electrons. The number of rotatable bonds is 5. The third-order valence-corrected chi connectivity index (χ3v) is 1.42. The Bertz CT molecular complexity index is 213. The van der Waals surface area contributed by atoms with Crippen LogP contribution in [0.1, 0.15) is 0 Å². The number of nitrogens with zero attached hydrogens (tertiary/aromatic N) is 1. The quantitative estimate of drug-likeness (QED) is 0.165. The summed E-state index contributed by atoms with van der Waals surface area (Å²) in [5.74, 6) is 0. The molecular weight excluding hydrogens is 210 g/mol. The zero-order valence-corrected chi connectivity index (χ0v) is 8.05. The van der Waals surface area contributed by atoms with E-state index in [-0.39, 0.29) is 5.11 Å². The van der Waals surface area contributed by atoms with Gasteiger partial charge in [0.1, 0.15) is 18.3 Å². The number of nitrogens with one attached hydrogen (secondary N) is 1. The molecule has 0 radical (unpaired) electrons. The van der Waals surface area contributed by atoms with Crippen LogP contribution in [0.2, 0.25) is 0 Å². The van der Waals surface area contributed by atoms with Crippen LogP contribution < -0.4 is 11.2 Å². The van der Waals surface area contributed by atoms with Gasteiger partial charge < -0.3 is 26.2 Å². The maximum atomic E-state index is 9.14. The van der Waals surface area contributed by atoms with Crippen LogP contribution in [-0.4, -0.2) is 56.7 Å². The zero-order valence-electron chi connectivity index (χ0n) is 7.24. The summed E-state index contributed by atoms with van der Waals surface area (Å²) >= 11 is 4.41. The van der Waals surface area contributed by atoms with E-state index in [0.717, 1.165) is 6.21 Å². The first-order valence-corrected chi connectivity index (χ1v) is 4.13. The normalized spacial score (nSPS) is 17.7. The van der Waals surface area contributed by atoms with Crippen LogP contribution in [-0.2, 0) is 0 Å². The van der Waals surface area contributed by atoms with Gasteiger partial charge in [-0.3, -0.25) is 5.43 Å². The molecule has 0 unspecified atom stereocenters. The molecule has 0 aliphatic carbocycles. The van der Waals surface area contributed by atoms with Crippen LogP contribution in [0.5, 0.6) is 0 Å². The number of thiocarbonyl (C=S) groups is 1. The minimum Gasteiger partial charge on any atom is -0.394 e. The molecule has 0 saturated carbocycles. The number of aliphatic hydroxyl groups is 4. The number of hydrazone groups is 1. The molecule has 0 heterocycles. The second-order valence-corrected chi connectivity index (χ2v) is 2.93. The van der Waals surface area contributed by atoms with Crippen molar-refractivity contribution in [3.8, 4) is 0 Å². The number of aliphatic hydroxyl groups excluding tert-OH is 4. The summed E-state index contributed by atoms with van der Waals surface area (Å²) in [6.07, 6.45) is -3.46. The molecule has 0 aromatic carbocycles. The topological polar surface area (TPSA) is 131 Å². The van der Waals surface area contributed by atoms with E-state index in [9.17, 15) is 0 Å². The lowest BCUT2D eigenvalue weighted by Crippen LogP contribution is -2.40. The van der Waals surface area contributed by atoms with Gasteiger partial charge in [-0.05, 0) is 12.2 Å². The van der Waals surface area contributed by atoms with E-state index in [1.807, 2.05) is 0 Å². The Morgan fingerprint density at radius 1 is 1.50 bits per heavy atom. The van der Waals surface area contributed by atoms with Gasteiger partial charge in [0.15, 0.2) is 5.11 Å². The molecule has 0 aliphatic heterocycles. The van der Waals surface area contributed by atoms with E-state index in [1.165, 1.54) is 0 Å². The summed E-state index contributed by atoms with van der Waals surface area (Å²) in [6.45, 7) is -0.658. The molecule has 8 heteroatoms. The standard InChI is InChI=1S/C6H13N3O4S/c7-6(14)9-8-1-3(11)5(13)4(12)2-10/h1,3-5,10-13H,2H2,(H3,7,9,14)/t3-,4-,5+/m0/s1. The Kier molecular flexibility index (Phi) is 6.25. The van der Waals surface area contributed by atoms with Crippen molar-refractivity contribution < 1.29 is 20.4 Å². The molecule has 0 rings (SSSR count).